The first kappa shape index (κ1) is 9.25. The third-order valence-corrected chi connectivity index (χ3v) is 3.91. The van der Waals surface area contributed by atoms with E-state index in [0.717, 1.165) is 16.9 Å². The third kappa shape index (κ3) is 1.96. The van der Waals surface area contributed by atoms with E-state index < -0.39 is 0 Å². The summed E-state index contributed by atoms with van der Waals surface area (Å²) in [5.41, 5.74) is 0. The predicted molar refractivity (Wildman–Crippen MR) is 58.6 cm³/mol. The first-order chi connectivity index (χ1) is 6.29. The summed E-state index contributed by atoms with van der Waals surface area (Å²) in [4.78, 5) is 0. The van der Waals surface area contributed by atoms with Crippen LogP contribution in [0.25, 0.3) is 0 Å². The fraction of sp³-hybridized carbons (Fsp3) is 0.900. The van der Waals surface area contributed by atoms with E-state index in [0.29, 0.717) is 6.04 Å². The molecule has 3 fully saturated rings. The minimum Gasteiger partial charge on any atom is -0.366 e. The van der Waals surface area contributed by atoms with Gasteiger partial charge in [0.25, 0.3) is 0 Å². The average Bonchev–Trinajstić information content (AvgIpc) is 2.19. The van der Waals surface area contributed by atoms with Crippen molar-refractivity contribution in [1.82, 2.24) is 10.6 Å². The summed E-state index contributed by atoms with van der Waals surface area (Å²) in [7, 11) is 1.89. The molecule has 1 atom stereocenters. The van der Waals surface area contributed by atoms with Crippen LogP contribution in [-0.4, -0.2) is 18.2 Å². The van der Waals surface area contributed by atoms with Crippen LogP contribution in [0, 0.1) is 11.8 Å². The Balaban J connectivity index is 1.90. The van der Waals surface area contributed by atoms with Crippen LogP contribution in [0.3, 0.4) is 0 Å². The Morgan fingerprint density at radius 2 is 1.92 bits per heavy atom. The molecule has 0 aromatic heterocycles. The number of fused-ring (bicyclic) bond motifs is 3. The second-order valence-corrected chi connectivity index (χ2v) is 4.75. The average molecular weight is 198 g/mol. The molecule has 0 aromatic rings. The molecule has 0 spiro atoms. The minimum atomic E-state index is 0.660. The predicted octanol–water partition coefficient (Wildman–Crippen LogP) is 1.66. The van der Waals surface area contributed by atoms with Crippen molar-refractivity contribution in [3.8, 4) is 0 Å². The summed E-state index contributed by atoms with van der Waals surface area (Å²) >= 11 is 5.13. The van der Waals surface area contributed by atoms with Gasteiger partial charge in [0.2, 0.25) is 0 Å². The number of rotatable bonds is 1. The highest BCUT2D eigenvalue weighted by Crippen LogP contribution is 2.41. The van der Waals surface area contributed by atoms with Crippen LogP contribution in [0.2, 0.25) is 0 Å². The van der Waals surface area contributed by atoms with E-state index >= 15 is 0 Å². The molecule has 1 unspecified atom stereocenters. The third-order valence-electron chi connectivity index (χ3n) is 3.59. The molecule has 0 heterocycles. The van der Waals surface area contributed by atoms with Crippen LogP contribution in [0.5, 0.6) is 0 Å². The lowest BCUT2D eigenvalue weighted by Crippen LogP contribution is -2.49. The minimum absolute atomic E-state index is 0.660. The molecular weight excluding hydrogens is 180 g/mol. The van der Waals surface area contributed by atoms with Crippen LogP contribution < -0.4 is 10.6 Å². The number of hydrogen-bond donors (Lipinski definition) is 2. The lowest BCUT2D eigenvalue weighted by molar-refractivity contribution is 0.136. The Morgan fingerprint density at radius 1 is 1.23 bits per heavy atom. The number of nitrogens with one attached hydrogen (secondary N) is 2. The van der Waals surface area contributed by atoms with Gasteiger partial charge in [-0.3, -0.25) is 0 Å². The van der Waals surface area contributed by atoms with E-state index in [1.54, 1.807) is 0 Å². The van der Waals surface area contributed by atoms with E-state index in [9.17, 15) is 0 Å². The second-order valence-electron chi connectivity index (χ2n) is 4.35. The Labute approximate surface area is 85.5 Å². The Hall–Kier alpha value is -0.310. The van der Waals surface area contributed by atoms with Gasteiger partial charge in [-0.15, -0.1) is 0 Å². The molecule has 0 amide bonds. The Kier molecular flexibility index (Phi) is 2.72. The number of thiocarbonyl (C=S) groups is 1. The molecule has 2 nitrogen and oxygen atoms in total. The normalized spacial score (nSPS) is 37.2. The van der Waals surface area contributed by atoms with Gasteiger partial charge in [-0.25, -0.2) is 0 Å². The molecular formula is C10H18N2S. The zero-order valence-electron chi connectivity index (χ0n) is 8.18. The van der Waals surface area contributed by atoms with Gasteiger partial charge >= 0.3 is 0 Å². The van der Waals surface area contributed by atoms with Crippen LogP contribution in [0.1, 0.15) is 32.1 Å². The van der Waals surface area contributed by atoms with Crippen molar-refractivity contribution in [1.29, 1.82) is 0 Å². The van der Waals surface area contributed by atoms with Crippen molar-refractivity contribution in [3.05, 3.63) is 0 Å². The lowest BCUT2D eigenvalue weighted by atomic mass is 9.68. The molecule has 0 saturated heterocycles. The Bertz CT molecular complexity index is 197. The molecule has 0 aliphatic heterocycles. The van der Waals surface area contributed by atoms with Gasteiger partial charge in [0.15, 0.2) is 5.11 Å². The van der Waals surface area contributed by atoms with Crippen molar-refractivity contribution in [2.75, 3.05) is 7.05 Å². The van der Waals surface area contributed by atoms with E-state index in [1.165, 1.54) is 32.1 Å². The molecule has 13 heavy (non-hydrogen) atoms. The van der Waals surface area contributed by atoms with Gasteiger partial charge in [0, 0.05) is 13.1 Å². The van der Waals surface area contributed by atoms with Gasteiger partial charge < -0.3 is 10.6 Å². The van der Waals surface area contributed by atoms with E-state index in [4.69, 9.17) is 12.2 Å². The second kappa shape index (κ2) is 3.82. The monoisotopic (exact) mass is 198 g/mol. The van der Waals surface area contributed by atoms with E-state index in [-0.39, 0.29) is 0 Å². The van der Waals surface area contributed by atoms with Crippen molar-refractivity contribution < 1.29 is 0 Å². The van der Waals surface area contributed by atoms with Crippen LogP contribution in [-0.2, 0) is 0 Å². The smallest absolute Gasteiger partial charge is 0.166 e. The maximum Gasteiger partial charge on any atom is 0.166 e. The first-order valence-electron chi connectivity index (χ1n) is 5.28. The van der Waals surface area contributed by atoms with Gasteiger partial charge in [0.1, 0.15) is 0 Å². The van der Waals surface area contributed by atoms with Crippen molar-refractivity contribution in [2.45, 2.75) is 38.1 Å². The van der Waals surface area contributed by atoms with Crippen LogP contribution in [0.15, 0.2) is 0 Å². The largest absolute Gasteiger partial charge is 0.366 e. The summed E-state index contributed by atoms with van der Waals surface area (Å²) in [5, 5.41) is 7.23. The topological polar surface area (TPSA) is 24.1 Å². The first-order valence-corrected chi connectivity index (χ1v) is 5.68. The highest BCUT2D eigenvalue weighted by molar-refractivity contribution is 7.80. The summed E-state index contributed by atoms with van der Waals surface area (Å²) in [6.45, 7) is 0. The van der Waals surface area contributed by atoms with Gasteiger partial charge in [-0.1, -0.05) is 12.8 Å². The molecule has 74 valence electrons. The summed E-state index contributed by atoms with van der Waals surface area (Å²) in [6.07, 6.45) is 7.07. The van der Waals surface area contributed by atoms with Crippen LogP contribution >= 0.6 is 12.2 Å². The van der Waals surface area contributed by atoms with Gasteiger partial charge in [-0.05, 0) is 43.3 Å². The maximum atomic E-state index is 5.13. The molecule has 3 aliphatic carbocycles. The summed E-state index contributed by atoms with van der Waals surface area (Å²) in [5.74, 6) is 1.86. The van der Waals surface area contributed by atoms with E-state index in [1.807, 2.05) is 7.05 Å². The molecule has 3 saturated carbocycles. The standard InChI is InChI=1S/C10H18N2S/c1-11-10(13)12-9-6-7-2-4-8(9)5-3-7/h7-9H,2-6H2,1H3,(H2,11,12,13). The molecule has 2 N–H and O–H groups in total. The maximum absolute atomic E-state index is 5.13. The van der Waals surface area contributed by atoms with Gasteiger partial charge in [0.05, 0.1) is 0 Å². The number of hydrogen-bond acceptors (Lipinski definition) is 1. The highest BCUT2D eigenvalue weighted by Gasteiger charge is 2.35. The molecule has 3 aliphatic rings. The zero-order valence-corrected chi connectivity index (χ0v) is 8.99. The SMILES string of the molecule is CNC(=S)NC1CC2CCC1CC2. The molecule has 0 aromatic carbocycles. The fourth-order valence-corrected chi connectivity index (χ4v) is 2.95. The summed E-state index contributed by atoms with van der Waals surface area (Å²) < 4.78 is 0. The summed E-state index contributed by atoms with van der Waals surface area (Å²) in [6, 6.07) is 0.660. The fourth-order valence-electron chi connectivity index (χ4n) is 2.80. The van der Waals surface area contributed by atoms with Crippen molar-refractivity contribution in [3.63, 3.8) is 0 Å². The van der Waals surface area contributed by atoms with Crippen molar-refractivity contribution in [2.24, 2.45) is 11.8 Å². The Morgan fingerprint density at radius 3 is 2.38 bits per heavy atom. The molecule has 3 rings (SSSR count). The zero-order chi connectivity index (χ0) is 9.26. The molecule has 2 bridgehead atoms. The molecule has 0 radical (unpaired) electrons. The highest BCUT2D eigenvalue weighted by atomic mass is 32.1. The van der Waals surface area contributed by atoms with Gasteiger partial charge in [-0.2, -0.15) is 0 Å². The molecule has 3 heteroatoms. The van der Waals surface area contributed by atoms with E-state index in [2.05, 4.69) is 10.6 Å². The lowest BCUT2D eigenvalue weighted by Gasteiger charge is -2.42. The van der Waals surface area contributed by atoms with Crippen LogP contribution in [0.4, 0.5) is 0 Å². The quantitative estimate of drug-likeness (QED) is 0.627. The van der Waals surface area contributed by atoms with Crippen molar-refractivity contribution >= 4 is 17.3 Å².